The van der Waals surface area contributed by atoms with Gasteiger partial charge >= 0.3 is 0 Å². The van der Waals surface area contributed by atoms with E-state index in [1.54, 1.807) is 4.90 Å². The minimum absolute atomic E-state index is 0.0397. The standard InChI is InChI=1S/C13H25N3O4S/c1-11(15-4-6-20-7-5-15)2-3-16-9-12(8-13(16)17)10-21(14,18)19/h11-12H,2-10H2,1H3,(H2,14,18,19). The highest BCUT2D eigenvalue weighted by molar-refractivity contribution is 7.89. The van der Waals surface area contributed by atoms with Crippen LogP contribution in [0.25, 0.3) is 0 Å². The van der Waals surface area contributed by atoms with E-state index in [1.165, 1.54) is 0 Å². The van der Waals surface area contributed by atoms with E-state index in [-0.39, 0.29) is 17.6 Å². The molecule has 8 heteroatoms. The number of carbonyl (C=O) groups is 1. The fourth-order valence-corrected chi connectivity index (χ4v) is 3.93. The summed E-state index contributed by atoms with van der Waals surface area (Å²) in [6, 6.07) is 0.402. The highest BCUT2D eigenvalue weighted by Crippen LogP contribution is 2.20. The number of amides is 1. The number of likely N-dealkylation sites (tertiary alicyclic amines) is 1. The molecule has 0 radical (unpaired) electrons. The van der Waals surface area contributed by atoms with E-state index < -0.39 is 10.0 Å². The Morgan fingerprint density at radius 3 is 2.67 bits per heavy atom. The molecule has 0 spiro atoms. The Hall–Kier alpha value is -0.700. The average Bonchev–Trinajstić information content (AvgIpc) is 2.74. The second kappa shape index (κ2) is 7.04. The molecule has 2 heterocycles. The number of carbonyl (C=O) groups excluding carboxylic acids is 1. The highest BCUT2D eigenvalue weighted by Gasteiger charge is 2.32. The zero-order chi connectivity index (χ0) is 15.5. The summed E-state index contributed by atoms with van der Waals surface area (Å²) < 4.78 is 27.5. The molecule has 0 aromatic carbocycles. The maximum atomic E-state index is 11.9. The molecule has 2 saturated heterocycles. The molecule has 2 aliphatic heterocycles. The van der Waals surface area contributed by atoms with Crippen molar-refractivity contribution in [2.75, 3.05) is 45.1 Å². The number of primary sulfonamides is 1. The van der Waals surface area contributed by atoms with Crippen LogP contribution in [0.5, 0.6) is 0 Å². The molecule has 2 unspecified atom stereocenters. The maximum Gasteiger partial charge on any atom is 0.222 e. The van der Waals surface area contributed by atoms with Gasteiger partial charge in [-0.1, -0.05) is 0 Å². The molecule has 0 saturated carbocycles. The number of hydrogen-bond acceptors (Lipinski definition) is 5. The Morgan fingerprint density at radius 2 is 2.05 bits per heavy atom. The lowest BCUT2D eigenvalue weighted by atomic mass is 10.1. The minimum Gasteiger partial charge on any atom is -0.379 e. The number of sulfonamides is 1. The molecule has 2 rings (SSSR count). The SMILES string of the molecule is CC(CCN1CC(CS(N)(=O)=O)CC1=O)N1CCOCC1. The molecule has 7 nitrogen and oxygen atoms in total. The molecule has 0 aromatic heterocycles. The minimum atomic E-state index is -3.50. The Morgan fingerprint density at radius 1 is 1.38 bits per heavy atom. The van der Waals surface area contributed by atoms with Gasteiger partial charge in [0.25, 0.3) is 0 Å². The lowest BCUT2D eigenvalue weighted by molar-refractivity contribution is -0.127. The zero-order valence-electron chi connectivity index (χ0n) is 12.5. The van der Waals surface area contributed by atoms with Gasteiger partial charge < -0.3 is 9.64 Å². The monoisotopic (exact) mass is 319 g/mol. The number of hydrogen-bond donors (Lipinski definition) is 1. The Balaban J connectivity index is 1.76. The lowest BCUT2D eigenvalue weighted by Gasteiger charge is -2.33. The van der Waals surface area contributed by atoms with Crippen molar-refractivity contribution >= 4 is 15.9 Å². The fourth-order valence-electron chi connectivity index (χ4n) is 3.05. The molecule has 122 valence electrons. The van der Waals surface area contributed by atoms with E-state index in [1.807, 2.05) is 0 Å². The van der Waals surface area contributed by atoms with Crippen LogP contribution in [0, 0.1) is 5.92 Å². The summed E-state index contributed by atoms with van der Waals surface area (Å²) in [6.07, 6.45) is 1.19. The molecule has 0 aliphatic carbocycles. The Labute approximate surface area is 126 Å². The van der Waals surface area contributed by atoms with Gasteiger partial charge in [-0.05, 0) is 13.3 Å². The van der Waals surface area contributed by atoms with Gasteiger partial charge in [0.05, 0.1) is 19.0 Å². The molecule has 1 amide bonds. The normalized spacial score (nSPS) is 26.3. The number of nitrogens with zero attached hydrogens (tertiary/aromatic N) is 2. The Bertz CT molecular complexity index is 462. The first-order valence-corrected chi connectivity index (χ1v) is 9.17. The van der Waals surface area contributed by atoms with Gasteiger partial charge in [0, 0.05) is 44.6 Å². The summed E-state index contributed by atoms with van der Waals surface area (Å²) in [6.45, 7) is 6.75. The van der Waals surface area contributed by atoms with Gasteiger partial charge in [-0.2, -0.15) is 0 Å². The Kier molecular flexibility index (Phi) is 5.59. The number of rotatable bonds is 6. The van der Waals surface area contributed by atoms with Gasteiger partial charge in [-0.15, -0.1) is 0 Å². The second-order valence-corrected chi connectivity index (χ2v) is 7.68. The van der Waals surface area contributed by atoms with E-state index in [2.05, 4.69) is 11.8 Å². The largest absolute Gasteiger partial charge is 0.379 e. The van der Waals surface area contributed by atoms with Crippen molar-refractivity contribution < 1.29 is 17.9 Å². The summed E-state index contributed by atoms with van der Waals surface area (Å²) >= 11 is 0. The van der Waals surface area contributed by atoms with E-state index >= 15 is 0 Å². The summed E-state index contributed by atoms with van der Waals surface area (Å²) in [5, 5.41) is 5.05. The molecule has 2 aliphatic rings. The summed E-state index contributed by atoms with van der Waals surface area (Å²) in [5.41, 5.74) is 0. The van der Waals surface area contributed by atoms with Gasteiger partial charge in [0.2, 0.25) is 15.9 Å². The summed E-state index contributed by atoms with van der Waals surface area (Å²) in [5.74, 6) is -0.224. The van der Waals surface area contributed by atoms with Crippen molar-refractivity contribution in [3.05, 3.63) is 0 Å². The van der Waals surface area contributed by atoms with E-state index in [4.69, 9.17) is 9.88 Å². The van der Waals surface area contributed by atoms with Gasteiger partial charge in [-0.3, -0.25) is 9.69 Å². The molecule has 0 aromatic rings. The van der Waals surface area contributed by atoms with E-state index in [0.29, 0.717) is 25.6 Å². The maximum absolute atomic E-state index is 11.9. The number of ether oxygens (including phenoxy) is 1. The first kappa shape index (κ1) is 16.7. The average molecular weight is 319 g/mol. The van der Waals surface area contributed by atoms with Crippen LogP contribution in [0.4, 0.5) is 0 Å². The van der Waals surface area contributed by atoms with Crippen LogP contribution in [0.3, 0.4) is 0 Å². The van der Waals surface area contributed by atoms with Gasteiger partial charge in [0.15, 0.2) is 0 Å². The van der Waals surface area contributed by atoms with Crippen LogP contribution < -0.4 is 5.14 Å². The molecule has 21 heavy (non-hydrogen) atoms. The van der Waals surface area contributed by atoms with Crippen molar-refractivity contribution in [1.29, 1.82) is 0 Å². The van der Waals surface area contributed by atoms with Gasteiger partial charge in [0.1, 0.15) is 0 Å². The third kappa shape index (κ3) is 5.21. The van der Waals surface area contributed by atoms with Crippen LogP contribution in [0.2, 0.25) is 0 Å². The third-order valence-electron chi connectivity index (χ3n) is 4.25. The van der Waals surface area contributed by atoms with Crippen molar-refractivity contribution in [3.63, 3.8) is 0 Å². The molecule has 2 N–H and O–H groups in total. The lowest BCUT2D eigenvalue weighted by Crippen LogP contribution is -2.43. The first-order valence-electron chi connectivity index (χ1n) is 7.45. The van der Waals surface area contributed by atoms with E-state index in [9.17, 15) is 13.2 Å². The van der Waals surface area contributed by atoms with Crippen LogP contribution >= 0.6 is 0 Å². The van der Waals surface area contributed by atoms with Crippen molar-refractivity contribution in [3.8, 4) is 0 Å². The van der Waals surface area contributed by atoms with Crippen LogP contribution in [0.15, 0.2) is 0 Å². The van der Waals surface area contributed by atoms with Crippen molar-refractivity contribution in [2.45, 2.75) is 25.8 Å². The van der Waals surface area contributed by atoms with Crippen molar-refractivity contribution in [2.24, 2.45) is 11.1 Å². The van der Waals surface area contributed by atoms with Crippen LogP contribution in [-0.2, 0) is 19.6 Å². The molecule has 0 bridgehead atoms. The quantitative estimate of drug-likeness (QED) is 0.694. The topological polar surface area (TPSA) is 92.9 Å². The van der Waals surface area contributed by atoms with Crippen LogP contribution in [0.1, 0.15) is 19.8 Å². The molecule has 2 fully saturated rings. The fraction of sp³-hybridized carbons (Fsp3) is 0.923. The molecular formula is C13H25N3O4S. The van der Waals surface area contributed by atoms with Gasteiger partial charge in [-0.25, -0.2) is 13.6 Å². The third-order valence-corrected chi connectivity index (χ3v) is 5.18. The zero-order valence-corrected chi connectivity index (χ0v) is 13.3. The summed E-state index contributed by atoms with van der Waals surface area (Å²) in [4.78, 5) is 16.1. The van der Waals surface area contributed by atoms with Crippen molar-refractivity contribution in [1.82, 2.24) is 9.80 Å². The van der Waals surface area contributed by atoms with Crippen LogP contribution in [-0.4, -0.2) is 75.3 Å². The number of morpholine rings is 1. The molecular weight excluding hydrogens is 294 g/mol. The highest BCUT2D eigenvalue weighted by atomic mass is 32.2. The summed E-state index contributed by atoms with van der Waals surface area (Å²) in [7, 11) is -3.50. The predicted molar refractivity (Wildman–Crippen MR) is 79.1 cm³/mol. The van der Waals surface area contributed by atoms with E-state index in [0.717, 1.165) is 32.7 Å². The first-order chi connectivity index (χ1) is 9.85. The second-order valence-electron chi connectivity index (χ2n) is 6.03. The smallest absolute Gasteiger partial charge is 0.222 e. The number of nitrogens with two attached hydrogens (primary N) is 1. The molecule has 2 atom stereocenters. The predicted octanol–water partition coefficient (Wildman–Crippen LogP) is -0.766.